The van der Waals surface area contributed by atoms with Crippen molar-refractivity contribution >= 4 is 17.0 Å². The summed E-state index contributed by atoms with van der Waals surface area (Å²) in [6.07, 6.45) is 4.51. The van der Waals surface area contributed by atoms with Gasteiger partial charge in [-0.25, -0.2) is 19.2 Å². The second-order valence-electron chi connectivity index (χ2n) is 11.3. The molecule has 2 saturated heterocycles. The summed E-state index contributed by atoms with van der Waals surface area (Å²) in [7, 11) is 0. The van der Waals surface area contributed by atoms with Crippen LogP contribution in [0.2, 0.25) is 0 Å². The van der Waals surface area contributed by atoms with Crippen LogP contribution in [-0.2, 0) is 29.8 Å². The van der Waals surface area contributed by atoms with E-state index in [1.807, 2.05) is 18.2 Å². The maximum absolute atomic E-state index is 14.4. The molecule has 2 aliphatic heterocycles. The summed E-state index contributed by atoms with van der Waals surface area (Å²) in [5.74, 6) is -0.0300. The molecule has 216 valence electrons. The van der Waals surface area contributed by atoms with Crippen LogP contribution in [-0.4, -0.2) is 56.3 Å². The minimum atomic E-state index is -0.956. The van der Waals surface area contributed by atoms with Gasteiger partial charge >= 0.3 is 5.97 Å². The number of carboxylic acids is 1. The molecule has 0 bridgehead atoms. The Kier molecular flexibility index (Phi) is 7.62. The fourth-order valence-electron chi connectivity index (χ4n) is 5.78. The molecule has 0 saturated carbocycles. The fraction of sp³-hybridized carbons (Fsp3) is 0.375. The van der Waals surface area contributed by atoms with Crippen molar-refractivity contribution in [2.75, 3.05) is 19.7 Å². The number of halogens is 1. The molecule has 4 aromatic rings. The first-order valence-electron chi connectivity index (χ1n) is 14.2. The van der Waals surface area contributed by atoms with Crippen LogP contribution in [0.5, 0.6) is 5.88 Å². The second kappa shape index (κ2) is 11.5. The maximum Gasteiger partial charge on any atom is 0.335 e. The highest BCUT2D eigenvalue weighted by Crippen LogP contribution is 2.39. The van der Waals surface area contributed by atoms with Gasteiger partial charge in [0.05, 0.1) is 47.4 Å². The first-order valence-corrected chi connectivity index (χ1v) is 14.2. The predicted molar refractivity (Wildman–Crippen MR) is 153 cm³/mol. The molecule has 4 heterocycles. The Morgan fingerprint density at radius 3 is 2.74 bits per heavy atom. The Labute approximate surface area is 243 Å². The number of benzene rings is 2. The van der Waals surface area contributed by atoms with Gasteiger partial charge in [0.15, 0.2) is 0 Å². The number of nitrogens with zero attached hydrogens (tertiary/aromatic N) is 5. The normalized spacial score (nSPS) is 18.4. The molecule has 1 N–H and O–H groups in total. The van der Waals surface area contributed by atoms with E-state index in [1.165, 1.54) is 6.07 Å². The van der Waals surface area contributed by atoms with Gasteiger partial charge in [-0.3, -0.25) is 4.90 Å². The molecule has 0 aliphatic carbocycles. The topological polar surface area (TPSA) is 114 Å². The van der Waals surface area contributed by atoms with Gasteiger partial charge in [-0.15, -0.1) is 0 Å². The molecule has 0 radical (unpaired) electrons. The summed E-state index contributed by atoms with van der Waals surface area (Å²) in [6.45, 7) is 5.95. The third-order valence-electron chi connectivity index (χ3n) is 8.55. The Morgan fingerprint density at radius 2 is 2.05 bits per heavy atom. The fourth-order valence-corrected chi connectivity index (χ4v) is 5.78. The number of hydrogen-bond acceptors (Lipinski definition) is 7. The van der Waals surface area contributed by atoms with Crippen LogP contribution in [0.1, 0.15) is 59.1 Å². The molecule has 10 heteroatoms. The van der Waals surface area contributed by atoms with Crippen molar-refractivity contribution in [1.29, 1.82) is 5.26 Å². The van der Waals surface area contributed by atoms with Crippen molar-refractivity contribution in [2.24, 2.45) is 0 Å². The zero-order chi connectivity index (χ0) is 29.3. The highest BCUT2D eigenvalue weighted by atomic mass is 19.1. The van der Waals surface area contributed by atoms with Crippen molar-refractivity contribution in [3.8, 4) is 11.9 Å². The number of aromatic nitrogens is 3. The number of likely N-dealkylation sites (tertiary alicyclic amines) is 1. The third kappa shape index (κ3) is 5.58. The maximum atomic E-state index is 14.4. The van der Waals surface area contributed by atoms with Gasteiger partial charge in [0.25, 0.3) is 0 Å². The van der Waals surface area contributed by atoms with E-state index in [4.69, 9.17) is 19.7 Å². The largest absolute Gasteiger partial charge is 0.478 e. The first-order chi connectivity index (χ1) is 20.3. The zero-order valence-corrected chi connectivity index (χ0v) is 23.4. The molecule has 2 aromatic heterocycles. The number of ether oxygens (including phenoxy) is 2. The van der Waals surface area contributed by atoms with Crippen LogP contribution in [0.25, 0.3) is 11.0 Å². The lowest BCUT2D eigenvalue weighted by molar-refractivity contribution is -0.0592. The molecule has 0 amide bonds. The van der Waals surface area contributed by atoms with E-state index < -0.39 is 11.8 Å². The predicted octanol–water partition coefficient (Wildman–Crippen LogP) is 5.06. The number of piperidine rings is 1. The summed E-state index contributed by atoms with van der Waals surface area (Å²) in [4.78, 5) is 23.4. The molecule has 0 spiro atoms. The monoisotopic (exact) mass is 569 g/mol. The van der Waals surface area contributed by atoms with Gasteiger partial charge in [0.2, 0.25) is 5.88 Å². The van der Waals surface area contributed by atoms with Crippen molar-refractivity contribution < 1.29 is 23.8 Å². The molecule has 6 rings (SSSR count). The van der Waals surface area contributed by atoms with Gasteiger partial charge in [-0.1, -0.05) is 19.1 Å². The number of fused-ring (bicyclic) bond motifs is 1. The number of aromatic carboxylic acids is 1. The summed E-state index contributed by atoms with van der Waals surface area (Å²) in [6, 6.07) is 15.3. The molecule has 1 unspecified atom stereocenters. The molecule has 42 heavy (non-hydrogen) atoms. The molecular formula is C32H32FN5O4. The second-order valence-corrected chi connectivity index (χ2v) is 11.3. The molecule has 1 atom stereocenters. The molecule has 9 nitrogen and oxygen atoms in total. The number of pyridine rings is 1. The Hall–Kier alpha value is -4.33. The van der Waals surface area contributed by atoms with Gasteiger partial charge in [0.1, 0.15) is 18.2 Å². The van der Waals surface area contributed by atoms with E-state index in [2.05, 4.69) is 21.4 Å². The summed E-state index contributed by atoms with van der Waals surface area (Å²) in [5, 5.41) is 18.5. The average Bonchev–Trinajstić information content (AvgIpc) is 3.31. The number of carbonyl (C=O) groups is 1. The minimum absolute atomic E-state index is 0.0221. The molecule has 2 aliphatic rings. The summed E-state index contributed by atoms with van der Waals surface area (Å²) in [5.41, 5.74) is 3.30. The quantitative estimate of drug-likeness (QED) is 0.298. The Balaban J connectivity index is 1.16. The average molecular weight is 570 g/mol. The number of rotatable bonds is 9. The summed E-state index contributed by atoms with van der Waals surface area (Å²) >= 11 is 0. The van der Waals surface area contributed by atoms with Gasteiger partial charge in [-0.05, 0) is 68.8 Å². The lowest BCUT2D eigenvalue weighted by Gasteiger charge is -2.40. The van der Waals surface area contributed by atoms with E-state index >= 15 is 0 Å². The molecule has 2 fully saturated rings. The van der Waals surface area contributed by atoms with Crippen molar-refractivity contribution in [1.82, 2.24) is 19.4 Å². The molecule has 2 aromatic carbocycles. The van der Waals surface area contributed by atoms with Gasteiger partial charge in [0, 0.05) is 29.3 Å². The Morgan fingerprint density at radius 1 is 1.24 bits per heavy atom. The van der Waals surface area contributed by atoms with Crippen LogP contribution in [0, 0.1) is 17.1 Å². The van der Waals surface area contributed by atoms with E-state index in [9.17, 15) is 14.3 Å². The lowest BCUT2D eigenvalue weighted by Crippen LogP contribution is -2.41. The highest BCUT2D eigenvalue weighted by molar-refractivity contribution is 5.92. The Bertz CT molecular complexity index is 1670. The van der Waals surface area contributed by atoms with E-state index in [0.717, 1.165) is 61.4 Å². The van der Waals surface area contributed by atoms with E-state index in [0.29, 0.717) is 24.5 Å². The van der Waals surface area contributed by atoms with Crippen LogP contribution in [0.3, 0.4) is 0 Å². The smallest absolute Gasteiger partial charge is 0.335 e. The first kappa shape index (κ1) is 27.8. The van der Waals surface area contributed by atoms with Gasteiger partial charge < -0.3 is 19.1 Å². The van der Waals surface area contributed by atoms with Crippen LogP contribution in [0.15, 0.2) is 54.7 Å². The van der Waals surface area contributed by atoms with E-state index in [-0.39, 0.29) is 29.3 Å². The van der Waals surface area contributed by atoms with Crippen LogP contribution < -0.4 is 4.74 Å². The van der Waals surface area contributed by atoms with Crippen molar-refractivity contribution in [2.45, 2.75) is 57.4 Å². The van der Waals surface area contributed by atoms with Crippen molar-refractivity contribution in [3.63, 3.8) is 0 Å². The van der Waals surface area contributed by atoms with Crippen molar-refractivity contribution in [3.05, 3.63) is 88.6 Å². The SMILES string of the molecule is CC1(c2cccnc2OCc2ccc(C#N)cc2F)CCN(Cc2nc3ccc(C(=O)O)cc3n2CC2CCO2)CC1. The number of hydrogen-bond donors (Lipinski definition) is 1. The van der Waals surface area contributed by atoms with Gasteiger partial charge in [-0.2, -0.15) is 5.26 Å². The number of nitriles is 1. The number of imidazole rings is 1. The third-order valence-corrected chi connectivity index (χ3v) is 8.55. The van der Waals surface area contributed by atoms with E-state index in [1.54, 1.807) is 36.5 Å². The van der Waals surface area contributed by atoms with Crippen LogP contribution >= 0.6 is 0 Å². The number of carboxylic acid groups (broad SMARTS) is 1. The minimum Gasteiger partial charge on any atom is -0.478 e. The molecular weight excluding hydrogens is 537 g/mol. The lowest BCUT2D eigenvalue weighted by atomic mass is 9.75. The zero-order valence-electron chi connectivity index (χ0n) is 23.4. The standard InChI is InChI=1S/C32H32FN5O4/c1-32(25-3-2-11-35-30(25)42-20-23-5-4-21(17-34)15-26(23)33)9-12-37(13-10-32)19-29-36-27-7-6-22(31(39)40)16-28(27)38(29)18-24-8-14-41-24/h2-7,11,15-16,24H,8-10,12-14,18-20H2,1H3,(H,39,40). The van der Waals surface area contributed by atoms with Crippen LogP contribution in [0.4, 0.5) is 4.39 Å². The summed E-state index contributed by atoms with van der Waals surface area (Å²) < 4.78 is 28.3. The highest BCUT2D eigenvalue weighted by Gasteiger charge is 2.35.